The fraction of sp³-hybridized carbons (Fsp3) is 0.714. The summed E-state index contributed by atoms with van der Waals surface area (Å²) in [5.41, 5.74) is 0.104. The molecular weight excluding hydrogens is 228 g/mol. The topological polar surface area (TPSA) is 58.2 Å². The maximum absolute atomic E-state index is 12.1. The van der Waals surface area contributed by atoms with E-state index in [0.717, 1.165) is 0 Å². The van der Waals surface area contributed by atoms with Gasteiger partial charge in [0.2, 0.25) is 11.8 Å². The number of carbonyl (C=O) groups is 2. The minimum absolute atomic E-state index is 0.147. The lowest BCUT2D eigenvalue weighted by molar-refractivity contribution is -0.128. The first-order valence-corrected chi connectivity index (χ1v) is 6.31. The van der Waals surface area contributed by atoms with Crippen LogP contribution in [-0.2, 0) is 9.59 Å². The fourth-order valence-corrected chi connectivity index (χ4v) is 1.44. The first kappa shape index (κ1) is 16.7. The first-order valence-electron chi connectivity index (χ1n) is 6.31. The van der Waals surface area contributed by atoms with Crippen molar-refractivity contribution in [3.8, 4) is 0 Å². The third-order valence-corrected chi connectivity index (χ3v) is 2.21. The molecule has 0 spiro atoms. The van der Waals surface area contributed by atoms with Crippen molar-refractivity contribution >= 4 is 11.8 Å². The van der Waals surface area contributed by atoms with Gasteiger partial charge in [0.1, 0.15) is 6.04 Å². The molecule has 0 bridgehead atoms. The monoisotopic (exact) mass is 254 g/mol. The standard InChI is InChI=1S/C14H26N2O2/c1-9(2)8-11(15-12(17)10(3)4)13(18)16-14(5,6)7/h9,11H,3,8H2,1-2,4-7H3,(H,15,17)(H,16,18)/t11-/m1/s1. The van der Waals surface area contributed by atoms with E-state index in [1.54, 1.807) is 6.92 Å². The molecule has 0 heterocycles. The predicted octanol–water partition coefficient (Wildman–Crippen LogP) is 2.01. The molecule has 0 rings (SSSR count). The Kier molecular flexibility index (Phi) is 6.09. The highest BCUT2D eigenvalue weighted by Crippen LogP contribution is 2.08. The molecule has 0 unspecified atom stereocenters. The molecule has 4 heteroatoms. The van der Waals surface area contributed by atoms with E-state index >= 15 is 0 Å². The van der Waals surface area contributed by atoms with Crippen molar-refractivity contribution in [2.75, 3.05) is 0 Å². The number of nitrogens with one attached hydrogen (secondary N) is 2. The summed E-state index contributed by atoms with van der Waals surface area (Å²) in [5, 5.41) is 5.61. The van der Waals surface area contributed by atoms with Gasteiger partial charge in [0.25, 0.3) is 0 Å². The lowest BCUT2D eigenvalue weighted by atomic mass is 10.0. The average molecular weight is 254 g/mol. The number of carbonyl (C=O) groups excluding carboxylic acids is 2. The molecule has 0 radical (unpaired) electrons. The van der Waals surface area contributed by atoms with Crippen LogP contribution < -0.4 is 10.6 Å². The maximum atomic E-state index is 12.1. The smallest absolute Gasteiger partial charge is 0.246 e. The maximum Gasteiger partial charge on any atom is 0.246 e. The zero-order chi connectivity index (χ0) is 14.5. The molecule has 0 aliphatic heterocycles. The van der Waals surface area contributed by atoms with Crippen LogP contribution in [0.3, 0.4) is 0 Å². The number of hydrogen-bond donors (Lipinski definition) is 2. The lowest BCUT2D eigenvalue weighted by Crippen LogP contribution is -2.52. The van der Waals surface area contributed by atoms with Gasteiger partial charge in [-0.1, -0.05) is 20.4 Å². The highest BCUT2D eigenvalue weighted by molar-refractivity contribution is 5.96. The van der Waals surface area contributed by atoms with Crippen LogP contribution in [0.25, 0.3) is 0 Å². The molecule has 0 aromatic carbocycles. The fourth-order valence-electron chi connectivity index (χ4n) is 1.44. The second kappa shape index (κ2) is 6.57. The Morgan fingerprint density at radius 2 is 1.72 bits per heavy atom. The SMILES string of the molecule is C=C(C)C(=O)N[C@H](CC(C)C)C(=O)NC(C)(C)C. The van der Waals surface area contributed by atoms with Gasteiger partial charge in [-0.3, -0.25) is 9.59 Å². The van der Waals surface area contributed by atoms with Crippen molar-refractivity contribution in [2.45, 2.75) is 59.5 Å². The van der Waals surface area contributed by atoms with E-state index in [-0.39, 0.29) is 17.4 Å². The number of amides is 2. The van der Waals surface area contributed by atoms with E-state index in [2.05, 4.69) is 17.2 Å². The van der Waals surface area contributed by atoms with Crippen molar-refractivity contribution in [1.82, 2.24) is 10.6 Å². The summed E-state index contributed by atoms with van der Waals surface area (Å²) in [5.74, 6) is -0.0957. The van der Waals surface area contributed by atoms with Crippen LogP contribution in [-0.4, -0.2) is 23.4 Å². The third kappa shape index (κ3) is 7.09. The molecule has 1 atom stereocenters. The molecule has 2 N–H and O–H groups in total. The highest BCUT2D eigenvalue weighted by Gasteiger charge is 2.25. The molecule has 4 nitrogen and oxygen atoms in total. The molecule has 2 amide bonds. The molecule has 0 aromatic heterocycles. The summed E-state index contributed by atoms with van der Waals surface area (Å²) in [6.45, 7) is 15.0. The van der Waals surface area contributed by atoms with E-state index in [0.29, 0.717) is 17.9 Å². The third-order valence-electron chi connectivity index (χ3n) is 2.21. The lowest BCUT2D eigenvalue weighted by Gasteiger charge is -2.26. The van der Waals surface area contributed by atoms with E-state index in [9.17, 15) is 9.59 Å². The van der Waals surface area contributed by atoms with Crippen molar-refractivity contribution in [2.24, 2.45) is 5.92 Å². The molecule has 0 aliphatic rings. The van der Waals surface area contributed by atoms with Crippen LogP contribution in [0.4, 0.5) is 0 Å². The van der Waals surface area contributed by atoms with E-state index in [1.165, 1.54) is 0 Å². The van der Waals surface area contributed by atoms with Crippen molar-refractivity contribution < 1.29 is 9.59 Å². The Morgan fingerprint density at radius 3 is 2.06 bits per heavy atom. The van der Waals surface area contributed by atoms with Crippen LogP contribution in [0, 0.1) is 5.92 Å². The van der Waals surface area contributed by atoms with Gasteiger partial charge in [-0.05, 0) is 40.0 Å². The molecule has 0 fully saturated rings. The summed E-state index contributed by atoms with van der Waals surface area (Å²) in [6, 6.07) is -0.506. The summed E-state index contributed by atoms with van der Waals surface area (Å²) < 4.78 is 0. The molecule has 18 heavy (non-hydrogen) atoms. The minimum Gasteiger partial charge on any atom is -0.350 e. The average Bonchev–Trinajstić information content (AvgIpc) is 2.12. The quantitative estimate of drug-likeness (QED) is 0.737. The van der Waals surface area contributed by atoms with Crippen molar-refractivity contribution in [3.63, 3.8) is 0 Å². The minimum atomic E-state index is -0.506. The molecular formula is C14H26N2O2. The number of hydrogen-bond acceptors (Lipinski definition) is 2. The molecule has 0 saturated heterocycles. The Morgan fingerprint density at radius 1 is 1.22 bits per heavy atom. The second-order valence-corrected chi connectivity index (χ2v) is 6.18. The Bertz CT molecular complexity index is 327. The second-order valence-electron chi connectivity index (χ2n) is 6.18. The van der Waals surface area contributed by atoms with Gasteiger partial charge in [0.05, 0.1) is 0 Å². The van der Waals surface area contributed by atoms with Gasteiger partial charge in [-0.15, -0.1) is 0 Å². The normalized spacial score (nSPS) is 13.1. The van der Waals surface area contributed by atoms with Crippen LogP contribution in [0.15, 0.2) is 12.2 Å². The Hall–Kier alpha value is -1.32. The molecule has 0 aliphatic carbocycles. The molecule has 0 aromatic rings. The molecule has 0 saturated carbocycles. The predicted molar refractivity (Wildman–Crippen MR) is 74.1 cm³/mol. The number of rotatable bonds is 5. The Labute approximate surface area is 110 Å². The summed E-state index contributed by atoms with van der Waals surface area (Å²) in [7, 11) is 0. The summed E-state index contributed by atoms with van der Waals surface area (Å²) in [4.78, 5) is 23.7. The zero-order valence-corrected chi connectivity index (χ0v) is 12.4. The van der Waals surface area contributed by atoms with Crippen LogP contribution in [0.2, 0.25) is 0 Å². The first-order chi connectivity index (χ1) is 8.03. The van der Waals surface area contributed by atoms with Crippen LogP contribution in [0.1, 0.15) is 48.0 Å². The van der Waals surface area contributed by atoms with Crippen LogP contribution in [0.5, 0.6) is 0 Å². The van der Waals surface area contributed by atoms with Gasteiger partial charge in [0.15, 0.2) is 0 Å². The van der Waals surface area contributed by atoms with Gasteiger partial charge < -0.3 is 10.6 Å². The summed E-state index contributed by atoms with van der Waals surface area (Å²) in [6.07, 6.45) is 0.612. The van der Waals surface area contributed by atoms with E-state index < -0.39 is 6.04 Å². The largest absolute Gasteiger partial charge is 0.350 e. The van der Waals surface area contributed by atoms with E-state index in [4.69, 9.17) is 0 Å². The molecule has 104 valence electrons. The highest BCUT2D eigenvalue weighted by atomic mass is 16.2. The van der Waals surface area contributed by atoms with Gasteiger partial charge in [-0.2, -0.15) is 0 Å². The van der Waals surface area contributed by atoms with Gasteiger partial charge in [0, 0.05) is 11.1 Å². The van der Waals surface area contributed by atoms with Crippen molar-refractivity contribution in [1.29, 1.82) is 0 Å². The zero-order valence-electron chi connectivity index (χ0n) is 12.4. The Balaban J connectivity index is 4.72. The van der Waals surface area contributed by atoms with Gasteiger partial charge in [-0.25, -0.2) is 0 Å². The van der Waals surface area contributed by atoms with Crippen molar-refractivity contribution in [3.05, 3.63) is 12.2 Å². The van der Waals surface area contributed by atoms with E-state index in [1.807, 2.05) is 34.6 Å². The van der Waals surface area contributed by atoms with Crippen LogP contribution >= 0.6 is 0 Å². The summed E-state index contributed by atoms with van der Waals surface area (Å²) >= 11 is 0. The van der Waals surface area contributed by atoms with Gasteiger partial charge >= 0.3 is 0 Å².